The predicted molar refractivity (Wildman–Crippen MR) is 54.9 cm³/mol. The van der Waals surface area contributed by atoms with Crippen molar-refractivity contribution >= 4 is 5.97 Å². The molecule has 3 heteroatoms. The number of carbonyl (C=O) groups is 1. The Morgan fingerprint density at radius 3 is 2.47 bits per heavy atom. The summed E-state index contributed by atoms with van der Waals surface area (Å²) in [5.41, 5.74) is 1.04. The highest BCUT2D eigenvalue weighted by Gasteiger charge is 2.02. The van der Waals surface area contributed by atoms with Crippen LogP contribution in [0, 0.1) is 11.8 Å². The van der Waals surface area contributed by atoms with Gasteiger partial charge < -0.3 is 4.74 Å². The first-order valence-electron chi connectivity index (χ1n) is 4.18. The van der Waals surface area contributed by atoms with E-state index in [0.29, 0.717) is 11.1 Å². The van der Waals surface area contributed by atoms with Gasteiger partial charge in [-0.1, -0.05) is 12.5 Å². The molecule has 2 nitrogen and oxygen atoms in total. The molecule has 0 atom stereocenters. The molecule has 1 rings (SSSR count). The third-order valence-corrected chi connectivity index (χ3v) is 1.65. The Labute approximate surface area is 87.4 Å². The largest absolute Gasteiger partial charge is 0.465 e. The number of methoxy groups -OCH3 is 1. The van der Waals surface area contributed by atoms with Crippen LogP contribution in [-0.4, -0.2) is 13.1 Å². The van der Waals surface area contributed by atoms with E-state index in [9.17, 15) is 9.18 Å². The lowest BCUT2D eigenvalue weighted by molar-refractivity contribution is 0.0601. The fraction of sp³-hybridized carbons (Fsp3) is 0.0833. The van der Waals surface area contributed by atoms with Crippen LogP contribution < -0.4 is 0 Å². The molecule has 15 heavy (non-hydrogen) atoms. The molecule has 0 fully saturated rings. The number of esters is 1. The van der Waals surface area contributed by atoms with E-state index in [1.807, 2.05) is 0 Å². The lowest BCUT2D eigenvalue weighted by Crippen LogP contribution is -2.00. The average Bonchev–Trinajstić information content (AvgIpc) is 2.26. The zero-order valence-electron chi connectivity index (χ0n) is 8.21. The van der Waals surface area contributed by atoms with Gasteiger partial charge >= 0.3 is 5.97 Å². The second-order valence-electron chi connectivity index (χ2n) is 2.72. The molecule has 1 aromatic carbocycles. The lowest BCUT2D eigenvalue weighted by atomic mass is 10.1. The lowest BCUT2D eigenvalue weighted by Gasteiger charge is -1.97. The van der Waals surface area contributed by atoms with Gasteiger partial charge in [-0.3, -0.25) is 0 Å². The summed E-state index contributed by atoms with van der Waals surface area (Å²) in [6.07, 6.45) is 0. The first-order valence-corrected chi connectivity index (χ1v) is 4.18. The van der Waals surface area contributed by atoms with E-state index in [4.69, 9.17) is 0 Å². The molecule has 0 amide bonds. The maximum Gasteiger partial charge on any atom is 0.337 e. The van der Waals surface area contributed by atoms with E-state index in [-0.39, 0.29) is 0 Å². The van der Waals surface area contributed by atoms with Crippen molar-refractivity contribution in [3.63, 3.8) is 0 Å². The van der Waals surface area contributed by atoms with Crippen LogP contribution in [0.15, 0.2) is 36.7 Å². The van der Waals surface area contributed by atoms with Crippen LogP contribution in [0.5, 0.6) is 0 Å². The van der Waals surface area contributed by atoms with Crippen LogP contribution in [0.2, 0.25) is 0 Å². The number of hydrogen-bond acceptors (Lipinski definition) is 2. The second kappa shape index (κ2) is 4.97. The monoisotopic (exact) mass is 204 g/mol. The van der Waals surface area contributed by atoms with Gasteiger partial charge in [-0.2, -0.15) is 4.39 Å². The first kappa shape index (κ1) is 11.0. The van der Waals surface area contributed by atoms with Gasteiger partial charge in [0, 0.05) is 5.56 Å². The summed E-state index contributed by atoms with van der Waals surface area (Å²) in [5.74, 6) is 3.65. The van der Waals surface area contributed by atoms with E-state index in [1.165, 1.54) is 7.11 Å². The van der Waals surface area contributed by atoms with Crippen molar-refractivity contribution in [3.8, 4) is 11.8 Å². The smallest absolute Gasteiger partial charge is 0.337 e. The number of benzene rings is 1. The Morgan fingerprint density at radius 1 is 1.40 bits per heavy atom. The van der Waals surface area contributed by atoms with E-state index in [1.54, 1.807) is 24.3 Å². The first-order chi connectivity index (χ1) is 7.13. The predicted octanol–water partition coefficient (Wildman–Crippen LogP) is 2.31. The van der Waals surface area contributed by atoms with Crippen molar-refractivity contribution < 1.29 is 13.9 Å². The molecular formula is C12H9FO2. The van der Waals surface area contributed by atoms with Crippen LogP contribution in [0.1, 0.15) is 15.9 Å². The molecule has 0 heterocycles. The van der Waals surface area contributed by atoms with Gasteiger partial charge in [0.25, 0.3) is 0 Å². The highest BCUT2D eigenvalue weighted by Crippen LogP contribution is 2.04. The Hall–Kier alpha value is -2.08. The number of hydrogen-bond donors (Lipinski definition) is 0. The molecule has 0 aliphatic rings. The number of ether oxygens (including phenoxy) is 1. The molecule has 0 N–H and O–H groups in total. The summed E-state index contributed by atoms with van der Waals surface area (Å²) in [4.78, 5) is 11.1. The summed E-state index contributed by atoms with van der Waals surface area (Å²) in [5, 5.41) is 0. The second-order valence-corrected chi connectivity index (χ2v) is 2.72. The van der Waals surface area contributed by atoms with Crippen LogP contribution in [-0.2, 0) is 4.74 Å². The van der Waals surface area contributed by atoms with E-state index >= 15 is 0 Å². The highest BCUT2D eigenvalue weighted by atomic mass is 19.1. The molecule has 0 bridgehead atoms. The van der Waals surface area contributed by atoms with Crippen molar-refractivity contribution in [1.29, 1.82) is 0 Å². The maximum atomic E-state index is 12.2. The van der Waals surface area contributed by atoms with Gasteiger partial charge in [-0.15, -0.1) is 0 Å². The zero-order chi connectivity index (χ0) is 11.3. The van der Waals surface area contributed by atoms with Gasteiger partial charge in [0.1, 0.15) is 0 Å². The molecule has 0 saturated heterocycles. The molecule has 0 saturated carbocycles. The molecule has 0 aromatic heterocycles. The molecular weight excluding hydrogens is 195 g/mol. The summed E-state index contributed by atoms with van der Waals surface area (Å²) in [6, 6.07) is 6.36. The average molecular weight is 204 g/mol. The maximum absolute atomic E-state index is 12.2. The molecule has 76 valence electrons. The van der Waals surface area contributed by atoms with Crippen LogP contribution in [0.4, 0.5) is 4.39 Å². The molecule has 0 spiro atoms. The fourth-order valence-corrected chi connectivity index (χ4v) is 0.947. The molecule has 0 radical (unpaired) electrons. The molecule has 1 aromatic rings. The van der Waals surface area contributed by atoms with Crippen molar-refractivity contribution in [2.75, 3.05) is 7.11 Å². The van der Waals surface area contributed by atoms with Crippen LogP contribution in [0.3, 0.4) is 0 Å². The topological polar surface area (TPSA) is 26.3 Å². The fourth-order valence-electron chi connectivity index (χ4n) is 0.947. The third kappa shape index (κ3) is 3.28. The summed E-state index contributed by atoms with van der Waals surface area (Å²) in [7, 11) is 1.31. The zero-order valence-corrected chi connectivity index (χ0v) is 8.21. The summed E-state index contributed by atoms with van der Waals surface area (Å²) >= 11 is 0. The summed E-state index contributed by atoms with van der Waals surface area (Å²) < 4.78 is 16.7. The molecule has 0 aliphatic carbocycles. The Balaban J connectivity index is 2.87. The van der Waals surface area contributed by atoms with Crippen molar-refractivity contribution in [2.45, 2.75) is 0 Å². The van der Waals surface area contributed by atoms with Crippen molar-refractivity contribution in [1.82, 2.24) is 0 Å². The minimum absolute atomic E-state index is 0.413. The quantitative estimate of drug-likeness (QED) is 0.518. The Kier molecular flexibility index (Phi) is 3.64. The van der Waals surface area contributed by atoms with E-state index < -0.39 is 11.8 Å². The van der Waals surface area contributed by atoms with Crippen LogP contribution in [0.25, 0.3) is 0 Å². The van der Waals surface area contributed by atoms with Gasteiger partial charge in [0.2, 0.25) is 0 Å². The van der Waals surface area contributed by atoms with Gasteiger partial charge in [0.05, 0.1) is 12.7 Å². The number of rotatable bonds is 1. The SMILES string of the molecule is C=C(F)C#Cc1ccc(C(=O)OC)cc1. The minimum Gasteiger partial charge on any atom is -0.465 e. The number of carbonyl (C=O) groups excluding carboxylic acids is 1. The molecule has 0 unspecified atom stereocenters. The minimum atomic E-state index is -0.688. The third-order valence-electron chi connectivity index (χ3n) is 1.65. The normalized spacial score (nSPS) is 8.67. The van der Waals surface area contributed by atoms with E-state index in [2.05, 4.69) is 23.2 Å². The number of halogens is 1. The van der Waals surface area contributed by atoms with Gasteiger partial charge in [0.15, 0.2) is 5.83 Å². The Morgan fingerprint density at radius 2 is 2.00 bits per heavy atom. The van der Waals surface area contributed by atoms with Crippen molar-refractivity contribution in [2.24, 2.45) is 0 Å². The van der Waals surface area contributed by atoms with Gasteiger partial charge in [-0.25, -0.2) is 4.79 Å². The summed E-state index contributed by atoms with van der Waals surface area (Å²) in [6.45, 7) is 3.01. The standard InChI is InChI=1S/C12H9FO2/c1-9(13)3-4-10-5-7-11(8-6-10)12(14)15-2/h5-8H,1H2,2H3. The number of allylic oxidation sites excluding steroid dienone is 1. The highest BCUT2D eigenvalue weighted by molar-refractivity contribution is 5.89. The molecule has 0 aliphatic heterocycles. The Bertz CT molecular complexity index is 435. The van der Waals surface area contributed by atoms with Gasteiger partial charge in [-0.05, 0) is 30.2 Å². The van der Waals surface area contributed by atoms with Crippen molar-refractivity contribution in [3.05, 3.63) is 47.8 Å². The van der Waals surface area contributed by atoms with Crippen LogP contribution >= 0.6 is 0 Å². The van der Waals surface area contributed by atoms with E-state index in [0.717, 1.165) is 0 Å².